The maximum absolute atomic E-state index is 13.3. The zero-order valence-electron chi connectivity index (χ0n) is 11.9. The molecule has 1 atom stereocenters. The number of hydrogen-bond donors (Lipinski definition) is 1. The van der Waals surface area contributed by atoms with Crippen LogP contribution in [0.25, 0.3) is 0 Å². The van der Waals surface area contributed by atoms with Gasteiger partial charge in [0.15, 0.2) is 5.78 Å². The molecule has 2 N–H and O–H groups in total. The van der Waals surface area contributed by atoms with Gasteiger partial charge < -0.3 is 5.73 Å². The molecule has 0 aromatic carbocycles. The van der Waals surface area contributed by atoms with Crippen LogP contribution in [0.4, 0.5) is 10.1 Å². The average molecular weight is 279 g/mol. The summed E-state index contributed by atoms with van der Waals surface area (Å²) in [4.78, 5) is 18.0. The highest BCUT2D eigenvalue weighted by Crippen LogP contribution is 2.16. The van der Waals surface area contributed by atoms with Gasteiger partial charge in [0.1, 0.15) is 5.69 Å². The van der Waals surface area contributed by atoms with Crippen molar-refractivity contribution < 1.29 is 9.18 Å². The fourth-order valence-corrected chi connectivity index (χ4v) is 2.66. The van der Waals surface area contributed by atoms with Crippen molar-refractivity contribution in [2.45, 2.75) is 32.6 Å². The first-order chi connectivity index (χ1) is 9.56. The zero-order valence-corrected chi connectivity index (χ0v) is 11.9. The highest BCUT2D eigenvalue weighted by molar-refractivity contribution is 5.96. The molecule has 4 nitrogen and oxygen atoms in total. The topological polar surface area (TPSA) is 59.2 Å². The fourth-order valence-electron chi connectivity index (χ4n) is 2.66. The van der Waals surface area contributed by atoms with Gasteiger partial charge in [-0.25, -0.2) is 4.98 Å². The second-order valence-corrected chi connectivity index (χ2v) is 5.69. The Kier molecular flexibility index (Phi) is 5.06. The number of likely N-dealkylation sites (tertiary alicyclic amines) is 1. The minimum absolute atomic E-state index is 0.0265. The Morgan fingerprint density at radius 1 is 1.45 bits per heavy atom. The van der Waals surface area contributed by atoms with Crippen LogP contribution >= 0.6 is 0 Å². The molecule has 1 aliphatic rings. The minimum Gasteiger partial charge on any atom is -0.395 e. The number of anilines is 1. The van der Waals surface area contributed by atoms with Gasteiger partial charge in [0.2, 0.25) is 5.95 Å². The summed E-state index contributed by atoms with van der Waals surface area (Å²) in [6, 6.07) is 2.89. The number of halogens is 1. The van der Waals surface area contributed by atoms with Crippen molar-refractivity contribution >= 4 is 11.5 Å². The molecular weight excluding hydrogens is 257 g/mol. The van der Waals surface area contributed by atoms with Gasteiger partial charge in [-0.15, -0.1) is 0 Å². The second kappa shape index (κ2) is 6.79. The maximum Gasteiger partial charge on any atom is 0.236 e. The molecule has 1 aromatic rings. The van der Waals surface area contributed by atoms with Crippen molar-refractivity contribution in [3.8, 4) is 0 Å². The number of pyridine rings is 1. The lowest BCUT2D eigenvalue weighted by atomic mass is 9.99. The van der Waals surface area contributed by atoms with Crippen molar-refractivity contribution in [1.82, 2.24) is 9.88 Å². The van der Waals surface area contributed by atoms with Crippen LogP contribution in [-0.2, 0) is 0 Å². The number of nitrogen functional groups attached to an aromatic ring is 1. The molecule has 0 amide bonds. The normalized spacial score (nSPS) is 21.2. The third-order valence-corrected chi connectivity index (χ3v) is 3.77. The summed E-state index contributed by atoms with van der Waals surface area (Å²) in [6.45, 7) is 4.36. The third-order valence-electron chi connectivity index (χ3n) is 3.77. The van der Waals surface area contributed by atoms with E-state index >= 15 is 0 Å². The number of carbonyl (C=O) groups is 1. The van der Waals surface area contributed by atoms with Gasteiger partial charge in [-0.2, -0.15) is 4.39 Å². The molecule has 2 heterocycles. The van der Waals surface area contributed by atoms with E-state index in [0.717, 1.165) is 19.5 Å². The van der Waals surface area contributed by atoms with Crippen LogP contribution in [0.1, 0.15) is 43.1 Å². The van der Waals surface area contributed by atoms with E-state index in [9.17, 15) is 9.18 Å². The molecule has 0 bridgehead atoms. The van der Waals surface area contributed by atoms with E-state index in [4.69, 9.17) is 5.73 Å². The van der Waals surface area contributed by atoms with E-state index in [-0.39, 0.29) is 17.2 Å². The molecule has 0 spiro atoms. The number of rotatable bonds is 3. The lowest BCUT2D eigenvalue weighted by Crippen LogP contribution is -2.35. The number of hydrogen-bond acceptors (Lipinski definition) is 4. The molecule has 1 saturated heterocycles. The van der Waals surface area contributed by atoms with Crippen molar-refractivity contribution in [3.63, 3.8) is 0 Å². The SMILES string of the molecule is CC1CCCCCN(CC(=O)c2ccc(N)c(F)n2)C1. The molecular formula is C15H22FN3O. The zero-order chi connectivity index (χ0) is 14.5. The molecule has 5 heteroatoms. The summed E-state index contributed by atoms with van der Waals surface area (Å²) in [5, 5.41) is 0. The number of ketones is 1. The van der Waals surface area contributed by atoms with Crippen LogP contribution in [0.5, 0.6) is 0 Å². The number of aromatic nitrogens is 1. The Hall–Kier alpha value is -1.49. The Balaban J connectivity index is 1.99. The van der Waals surface area contributed by atoms with Crippen LogP contribution in [0.15, 0.2) is 12.1 Å². The van der Waals surface area contributed by atoms with Crippen LogP contribution in [0.3, 0.4) is 0 Å². The molecule has 0 radical (unpaired) electrons. The van der Waals surface area contributed by atoms with E-state index in [1.165, 1.54) is 31.4 Å². The first-order valence-corrected chi connectivity index (χ1v) is 7.24. The predicted molar refractivity (Wildman–Crippen MR) is 77.0 cm³/mol. The van der Waals surface area contributed by atoms with E-state index in [2.05, 4.69) is 16.8 Å². The van der Waals surface area contributed by atoms with Gasteiger partial charge in [0, 0.05) is 6.54 Å². The number of carbonyl (C=O) groups excluding carboxylic acids is 1. The van der Waals surface area contributed by atoms with Crippen LogP contribution in [-0.4, -0.2) is 35.3 Å². The van der Waals surface area contributed by atoms with E-state index in [0.29, 0.717) is 12.5 Å². The van der Waals surface area contributed by atoms with Gasteiger partial charge >= 0.3 is 0 Å². The standard InChI is InChI=1S/C15H22FN3O/c1-11-5-3-2-4-8-19(9-11)10-14(20)13-7-6-12(17)15(16)18-13/h6-7,11H,2-5,8-10,17H2,1H3. The predicted octanol–water partition coefficient (Wildman–Crippen LogP) is 2.50. The second-order valence-electron chi connectivity index (χ2n) is 5.69. The summed E-state index contributed by atoms with van der Waals surface area (Å²) in [7, 11) is 0. The molecule has 1 aromatic heterocycles. The van der Waals surface area contributed by atoms with Gasteiger partial charge in [-0.1, -0.05) is 19.8 Å². The van der Waals surface area contributed by atoms with E-state index in [1.807, 2.05) is 0 Å². The Morgan fingerprint density at radius 3 is 3.00 bits per heavy atom. The largest absolute Gasteiger partial charge is 0.395 e. The summed E-state index contributed by atoms with van der Waals surface area (Å²) < 4.78 is 13.3. The number of Topliss-reactive ketones (excluding diaryl/α,β-unsaturated/α-hetero) is 1. The first-order valence-electron chi connectivity index (χ1n) is 7.24. The van der Waals surface area contributed by atoms with E-state index < -0.39 is 5.95 Å². The molecule has 110 valence electrons. The van der Waals surface area contributed by atoms with E-state index in [1.54, 1.807) is 0 Å². The average Bonchev–Trinajstić information content (AvgIpc) is 2.38. The molecule has 20 heavy (non-hydrogen) atoms. The quantitative estimate of drug-likeness (QED) is 0.682. The molecule has 1 fully saturated rings. The van der Waals surface area contributed by atoms with Crippen molar-refractivity contribution in [2.24, 2.45) is 5.92 Å². The monoisotopic (exact) mass is 279 g/mol. The van der Waals surface area contributed by atoms with Gasteiger partial charge in [0.05, 0.1) is 12.2 Å². The van der Waals surface area contributed by atoms with Crippen molar-refractivity contribution in [3.05, 3.63) is 23.8 Å². The Bertz CT molecular complexity index is 478. The Labute approximate surface area is 119 Å². The molecule has 1 unspecified atom stereocenters. The third kappa shape index (κ3) is 4.00. The minimum atomic E-state index is -0.767. The summed E-state index contributed by atoms with van der Waals surface area (Å²) in [6.07, 6.45) is 4.81. The summed E-state index contributed by atoms with van der Waals surface area (Å²) in [5.74, 6) is -0.312. The number of nitrogens with two attached hydrogens (primary N) is 1. The van der Waals surface area contributed by atoms with Gasteiger partial charge in [-0.3, -0.25) is 9.69 Å². The maximum atomic E-state index is 13.3. The smallest absolute Gasteiger partial charge is 0.236 e. The molecule has 1 aliphatic heterocycles. The number of nitrogens with zero attached hydrogens (tertiary/aromatic N) is 2. The van der Waals surface area contributed by atoms with Gasteiger partial charge in [-0.05, 0) is 37.4 Å². The van der Waals surface area contributed by atoms with Gasteiger partial charge in [0.25, 0.3) is 0 Å². The molecule has 0 aliphatic carbocycles. The lowest BCUT2D eigenvalue weighted by molar-refractivity contribution is 0.0904. The fraction of sp³-hybridized carbons (Fsp3) is 0.600. The lowest BCUT2D eigenvalue weighted by Gasteiger charge is -2.27. The summed E-state index contributed by atoms with van der Waals surface area (Å²) >= 11 is 0. The Morgan fingerprint density at radius 2 is 2.25 bits per heavy atom. The van der Waals surface area contributed by atoms with Crippen LogP contribution in [0, 0.1) is 11.9 Å². The van der Waals surface area contributed by atoms with Crippen LogP contribution in [0.2, 0.25) is 0 Å². The highest BCUT2D eigenvalue weighted by atomic mass is 19.1. The highest BCUT2D eigenvalue weighted by Gasteiger charge is 2.18. The molecule has 0 saturated carbocycles. The first kappa shape index (κ1) is 14.9. The summed E-state index contributed by atoms with van der Waals surface area (Å²) in [5.41, 5.74) is 5.50. The van der Waals surface area contributed by atoms with Crippen LogP contribution < -0.4 is 5.73 Å². The van der Waals surface area contributed by atoms with Crippen molar-refractivity contribution in [1.29, 1.82) is 0 Å². The molecule has 2 rings (SSSR count). The van der Waals surface area contributed by atoms with Crippen molar-refractivity contribution in [2.75, 3.05) is 25.4 Å².